The van der Waals surface area contributed by atoms with E-state index < -0.39 is 5.82 Å². The van der Waals surface area contributed by atoms with Crippen LogP contribution in [-0.2, 0) is 9.59 Å². The fourth-order valence-corrected chi connectivity index (χ4v) is 1.33. The van der Waals surface area contributed by atoms with Gasteiger partial charge < -0.3 is 16.0 Å². The molecular formula is C12H16FN3O2. The SMILES string of the molecule is CCNCC(=O)Nc1ccc(F)c(NC(C)=O)c1. The maximum absolute atomic E-state index is 13.3. The third-order valence-corrected chi connectivity index (χ3v) is 2.10. The standard InChI is InChI=1S/C12H16FN3O2/c1-3-14-7-12(18)16-9-4-5-10(13)11(6-9)15-8(2)17/h4-6,14H,3,7H2,1-2H3,(H,15,17)(H,16,18). The van der Waals surface area contributed by atoms with Crippen molar-refractivity contribution in [1.29, 1.82) is 0 Å². The number of carbonyl (C=O) groups excluding carboxylic acids is 2. The summed E-state index contributed by atoms with van der Waals surface area (Å²) in [6.45, 7) is 4.05. The molecule has 98 valence electrons. The molecule has 2 amide bonds. The van der Waals surface area contributed by atoms with E-state index in [9.17, 15) is 14.0 Å². The molecule has 1 aromatic rings. The summed E-state index contributed by atoms with van der Waals surface area (Å²) in [5.74, 6) is -1.14. The van der Waals surface area contributed by atoms with Crippen LogP contribution in [0, 0.1) is 5.82 Å². The molecule has 0 spiro atoms. The van der Waals surface area contributed by atoms with Gasteiger partial charge in [-0.25, -0.2) is 4.39 Å². The predicted molar refractivity (Wildman–Crippen MR) is 67.9 cm³/mol. The molecule has 0 aliphatic heterocycles. The number of nitrogens with one attached hydrogen (secondary N) is 3. The molecule has 0 heterocycles. The number of carbonyl (C=O) groups is 2. The monoisotopic (exact) mass is 253 g/mol. The summed E-state index contributed by atoms with van der Waals surface area (Å²) in [5, 5.41) is 7.82. The first kappa shape index (κ1) is 14.1. The number of halogens is 1. The van der Waals surface area contributed by atoms with Crippen molar-refractivity contribution in [2.45, 2.75) is 13.8 Å². The zero-order valence-electron chi connectivity index (χ0n) is 10.3. The summed E-state index contributed by atoms with van der Waals surface area (Å²) in [4.78, 5) is 22.3. The van der Waals surface area contributed by atoms with E-state index in [1.165, 1.54) is 25.1 Å². The van der Waals surface area contributed by atoms with Crippen LogP contribution in [0.15, 0.2) is 18.2 Å². The Labute approximate surface area is 105 Å². The molecule has 0 saturated heterocycles. The van der Waals surface area contributed by atoms with E-state index >= 15 is 0 Å². The minimum Gasteiger partial charge on any atom is -0.325 e. The van der Waals surface area contributed by atoms with Crippen LogP contribution in [0.2, 0.25) is 0 Å². The largest absolute Gasteiger partial charge is 0.325 e. The van der Waals surface area contributed by atoms with E-state index in [1.54, 1.807) is 0 Å². The second-order valence-corrected chi connectivity index (χ2v) is 3.70. The van der Waals surface area contributed by atoms with Gasteiger partial charge in [0.2, 0.25) is 11.8 Å². The van der Waals surface area contributed by atoms with Crippen LogP contribution in [0.25, 0.3) is 0 Å². The van der Waals surface area contributed by atoms with Gasteiger partial charge in [0.15, 0.2) is 0 Å². The van der Waals surface area contributed by atoms with Crippen molar-refractivity contribution in [1.82, 2.24) is 5.32 Å². The maximum Gasteiger partial charge on any atom is 0.238 e. The Hall–Kier alpha value is -1.95. The Morgan fingerprint density at radius 3 is 2.61 bits per heavy atom. The Morgan fingerprint density at radius 2 is 2.00 bits per heavy atom. The molecule has 6 heteroatoms. The number of amides is 2. The molecule has 0 unspecified atom stereocenters. The lowest BCUT2D eigenvalue weighted by atomic mass is 10.2. The van der Waals surface area contributed by atoms with Gasteiger partial charge in [-0.05, 0) is 24.7 Å². The predicted octanol–water partition coefficient (Wildman–Crippen LogP) is 1.33. The molecule has 1 rings (SSSR count). The molecular weight excluding hydrogens is 237 g/mol. The van der Waals surface area contributed by atoms with Gasteiger partial charge >= 0.3 is 0 Å². The van der Waals surface area contributed by atoms with Crippen LogP contribution in [0.5, 0.6) is 0 Å². The second kappa shape index (κ2) is 6.70. The quantitative estimate of drug-likeness (QED) is 0.741. The lowest BCUT2D eigenvalue weighted by Crippen LogP contribution is -2.27. The van der Waals surface area contributed by atoms with E-state index in [4.69, 9.17) is 0 Å². The summed E-state index contributed by atoms with van der Waals surface area (Å²) >= 11 is 0. The van der Waals surface area contributed by atoms with Crippen LogP contribution in [0.1, 0.15) is 13.8 Å². The molecule has 1 aromatic carbocycles. The third kappa shape index (κ3) is 4.50. The highest BCUT2D eigenvalue weighted by Crippen LogP contribution is 2.19. The zero-order valence-corrected chi connectivity index (χ0v) is 10.3. The number of rotatable bonds is 5. The van der Waals surface area contributed by atoms with Gasteiger partial charge in [0.1, 0.15) is 5.82 Å². The Bertz CT molecular complexity index is 449. The highest BCUT2D eigenvalue weighted by molar-refractivity contribution is 5.94. The number of likely N-dealkylation sites (N-methyl/N-ethyl adjacent to an activating group) is 1. The molecule has 0 aliphatic carbocycles. The van der Waals surface area contributed by atoms with Gasteiger partial charge in [-0.3, -0.25) is 9.59 Å². The summed E-state index contributed by atoms with van der Waals surface area (Å²) in [7, 11) is 0. The van der Waals surface area contributed by atoms with Gasteiger partial charge in [0.05, 0.1) is 12.2 Å². The highest BCUT2D eigenvalue weighted by Gasteiger charge is 2.07. The molecule has 0 fully saturated rings. The van der Waals surface area contributed by atoms with Crippen LogP contribution in [0.4, 0.5) is 15.8 Å². The van der Waals surface area contributed by atoms with Gasteiger partial charge in [-0.1, -0.05) is 6.92 Å². The fraction of sp³-hybridized carbons (Fsp3) is 0.333. The Kier molecular flexibility index (Phi) is 5.26. The van der Waals surface area contributed by atoms with Crippen molar-refractivity contribution in [2.75, 3.05) is 23.7 Å². The van der Waals surface area contributed by atoms with E-state index in [0.29, 0.717) is 12.2 Å². The first-order chi connectivity index (χ1) is 8.52. The maximum atomic E-state index is 13.3. The van der Waals surface area contributed by atoms with Crippen molar-refractivity contribution in [3.05, 3.63) is 24.0 Å². The zero-order chi connectivity index (χ0) is 13.5. The van der Waals surface area contributed by atoms with Crippen LogP contribution in [0.3, 0.4) is 0 Å². The summed E-state index contributed by atoms with van der Waals surface area (Å²) in [6, 6.07) is 4.00. The van der Waals surface area contributed by atoms with E-state index in [1.807, 2.05) is 6.92 Å². The molecule has 3 N–H and O–H groups in total. The van der Waals surface area contributed by atoms with Gasteiger partial charge in [0.25, 0.3) is 0 Å². The van der Waals surface area contributed by atoms with Crippen LogP contribution in [-0.4, -0.2) is 24.9 Å². The fourth-order valence-electron chi connectivity index (χ4n) is 1.33. The van der Waals surface area contributed by atoms with Crippen molar-refractivity contribution in [3.63, 3.8) is 0 Å². The van der Waals surface area contributed by atoms with Crippen molar-refractivity contribution >= 4 is 23.2 Å². The van der Waals surface area contributed by atoms with Crippen LogP contribution >= 0.6 is 0 Å². The third-order valence-electron chi connectivity index (χ3n) is 2.10. The molecule has 0 atom stereocenters. The van der Waals surface area contributed by atoms with E-state index in [2.05, 4.69) is 16.0 Å². The Balaban J connectivity index is 2.72. The highest BCUT2D eigenvalue weighted by atomic mass is 19.1. The smallest absolute Gasteiger partial charge is 0.238 e. The average Bonchev–Trinajstić information content (AvgIpc) is 2.30. The summed E-state index contributed by atoms with van der Waals surface area (Å²) in [6.07, 6.45) is 0. The number of hydrogen-bond acceptors (Lipinski definition) is 3. The molecule has 0 saturated carbocycles. The lowest BCUT2D eigenvalue weighted by molar-refractivity contribution is -0.115. The van der Waals surface area contributed by atoms with Crippen LogP contribution < -0.4 is 16.0 Å². The number of anilines is 2. The summed E-state index contributed by atoms with van der Waals surface area (Å²) in [5.41, 5.74) is 0.479. The number of benzene rings is 1. The van der Waals surface area contributed by atoms with E-state index in [0.717, 1.165) is 0 Å². The van der Waals surface area contributed by atoms with Gasteiger partial charge in [0, 0.05) is 12.6 Å². The van der Waals surface area contributed by atoms with Crippen molar-refractivity contribution in [3.8, 4) is 0 Å². The first-order valence-corrected chi connectivity index (χ1v) is 5.60. The Morgan fingerprint density at radius 1 is 1.28 bits per heavy atom. The first-order valence-electron chi connectivity index (χ1n) is 5.60. The number of hydrogen-bond donors (Lipinski definition) is 3. The van der Waals surface area contributed by atoms with Crippen molar-refractivity contribution in [2.24, 2.45) is 0 Å². The molecule has 0 aromatic heterocycles. The average molecular weight is 253 g/mol. The van der Waals surface area contributed by atoms with Gasteiger partial charge in [-0.2, -0.15) is 0 Å². The minimum atomic E-state index is -0.546. The summed E-state index contributed by atoms with van der Waals surface area (Å²) < 4.78 is 13.3. The minimum absolute atomic E-state index is 0.0451. The molecule has 0 radical (unpaired) electrons. The lowest BCUT2D eigenvalue weighted by Gasteiger charge is -2.09. The molecule has 18 heavy (non-hydrogen) atoms. The molecule has 5 nitrogen and oxygen atoms in total. The normalized spacial score (nSPS) is 9.94. The molecule has 0 aliphatic rings. The van der Waals surface area contributed by atoms with Gasteiger partial charge in [-0.15, -0.1) is 0 Å². The second-order valence-electron chi connectivity index (χ2n) is 3.70. The van der Waals surface area contributed by atoms with E-state index in [-0.39, 0.29) is 24.0 Å². The van der Waals surface area contributed by atoms with Crippen molar-refractivity contribution < 1.29 is 14.0 Å². The topological polar surface area (TPSA) is 70.2 Å². The molecule has 0 bridgehead atoms.